The van der Waals surface area contributed by atoms with Gasteiger partial charge in [-0.15, -0.1) is 11.3 Å². The van der Waals surface area contributed by atoms with Gasteiger partial charge in [0.05, 0.1) is 19.9 Å². The Morgan fingerprint density at radius 3 is 2.61 bits per heavy atom. The van der Waals surface area contributed by atoms with Crippen molar-refractivity contribution in [2.75, 3.05) is 0 Å². The average molecular weight is 354 g/mol. The van der Waals surface area contributed by atoms with Gasteiger partial charge in [-0.05, 0) is 45.9 Å². The SMILES string of the molecule is Cc1csc(C(O)c2c(F)ccc(Br)c2F)c1Cl. The molecule has 0 fully saturated rings. The first-order chi connectivity index (χ1) is 8.43. The molecule has 96 valence electrons. The molecule has 2 rings (SSSR count). The van der Waals surface area contributed by atoms with Gasteiger partial charge in [-0.2, -0.15) is 0 Å². The van der Waals surface area contributed by atoms with Crippen LogP contribution in [0.5, 0.6) is 0 Å². The van der Waals surface area contributed by atoms with E-state index in [1.54, 1.807) is 12.3 Å². The van der Waals surface area contributed by atoms with Crippen LogP contribution in [0.3, 0.4) is 0 Å². The second kappa shape index (κ2) is 5.25. The van der Waals surface area contributed by atoms with Crippen LogP contribution in [0.2, 0.25) is 5.02 Å². The van der Waals surface area contributed by atoms with Gasteiger partial charge < -0.3 is 5.11 Å². The van der Waals surface area contributed by atoms with Crippen molar-refractivity contribution in [3.63, 3.8) is 0 Å². The van der Waals surface area contributed by atoms with Crippen LogP contribution in [0.1, 0.15) is 22.1 Å². The molecule has 2 aromatic rings. The summed E-state index contributed by atoms with van der Waals surface area (Å²) in [5.41, 5.74) is 0.375. The fraction of sp³-hybridized carbons (Fsp3) is 0.167. The number of rotatable bonds is 2. The largest absolute Gasteiger partial charge is 0.383 e. The van der Waals surface area contributed by atoms with E-state index >= 15 is 0 Å². The first kappa shape index (κ1) is 13.9. The second-order valence-electron chi connectivity index (χ2n) is 3.76. The van der Waals surface area contributed by atoms with Crippen molar-refractivity contribution in [1.29, 1.82) is 0 Å². The van der Waals surface area contributed by atoms with Crippen LogP contribution in [0, 0.1) is 18.6 Å². The van der Waals surface area contributed by atoms with E-state index in [1.165, 1.54) is 17.4 Å². The summed E-state index contributed by atoms with van der Waals surface area (Å²) >= 11 is 10.1. The molecule has 6 heteroatoms. The summed E-state index contributed by atoms with van der Waals surface area (Å²) in [6.07, 6.45) is -1.41. The summed E-state index contributed by atoms with van der Waals surface area (Å²) in [5, 5.41) is 12.2. The molecule has 0 aliphatic carbocycles. The number of hydrogen-bond acceptors (Lipinski definition) is 2. The van der Waals surface area contributed by atoms with Gasteiger partial charge >= 0.3 is 0 Å². The Bertz CT molecular complexity index is 600. The standard InChI is InChI=1S/C12H8BrClF2OS/c1-5-4-18-12(9(5)14)11(17)8-7(15)3-2-6(13)10(8)16/h2-4,11,17H,1H3. The number of benzene rings is 1. The predicted molar refractivity (Wildman–Crippen MR) is 72.2 cm³/mol. The third kappa shape index (κ3) is 2.32. The van der Waals surface area contributed by atoms with Crippen molar-refractivity contribution < 1.29 is 13.9 Å². The molecule has 0 saturated heterocycles. The molecule has 0 saturated carbocycles. The van der Waals surface area contributed by atoms with E-state index in [9.17, 15) is 13.9 Å². The van der Waals surface area contributed by atoms with E-state index in [0.717, 1.165) is 11.6 Å². The Morgan fingerprint density at radius 1 is 1.39 bits per heavy atom. The predicted octanol–water partition coefficient (Wildman–Crippen LogP) is 4.83. The van der Waals surface area contributed by atoms with Gasteiger partial charge in [0, 0.05) is 0 Å². The number of aryl methyl sites for hydroxylation is 1. The molecule has 1 nitrogen and oxygen atoms in total. The first-order valence-electron chi connectivity index (χ1n) is 4.98. The normalized spacial score (nSPS) is 12.8. The van der Waals surface area contributed by atoms with Gasteiger partial charge in [-0.1, -0.05) is 11.6 Å². The Hall–Kier alpha value is -0.490. The zero-order valence-corrected chi connectivity index (χ0v) is 12.3. The lowest BCUT2D eigenvalue weighted by atomic mass is 10.1. The van der Waals surface area contributed by atoms with E-state index in [4.69, 9.17) is 11.6 Å². The maximum atomic E-state index is 13.9. The highest BCUT2D eigenvalue weighted by Crippen LogP contribution is 2.38. The monoisotopic (exact) mass is 352 g/mol. The van der Waals surface area contributed by atoms with Crippen molar-refractivity contribution in [2.45, 2.75) is 13.0 Å². The van der Waals surface area contributed by atoms with Crippen LogP contribution in [0.15, 0.2) is 22.0 Å². The molecule has 0 spiro atoms. The molecule has 1 N–H and O–H groups in total. The van der Waals surface area contributed by atoms with Crippen molar-refractivity contribution in [2.24, 2.45) is 0 Å². The fourth-order valence-electron chi connectivity index (χ4n) is 1.56. The van der Waals surface area contributed by atoms with Gasteiger partial charge in [-0.25, -0.2) is 8.78 Å². The Labute approximate surface area is 120 Å². The van der Waals surface area contributed by atoms with Crippen molar-refractivity contribution >= 4 is 38.9 Å². The molecule has 1 heterocycles. The van der Waals surface area contributed by atoms with Crippen LogP contribution in [-0.2, 0) is 0 Å². The third-order valence-corrected chi connectivity index (χ3v) is 4.91. The lowest BCUT2D eigenvalue weighted by molar-refractivity contribution is 0.212. The molecule has 1 unspecified atom stereocenters. The molecule has 1 aromatic heterocycles. The molecular weight excluding hydrogens is 346 g/mol. The maximum absolute atomic E-state index is 13.9. The summed E-state index contributed by atoms with van der Waals surface area (Å²) < 4.78 is 27.6. The second-order valence-corrected chi connectivity index (χ2v) is 5.90. The highest BCUT2D eigenvalue weighted by atomic mass is 79.9. The molecule has 0 aliphatic heterocycles. The Balaban J connectivity index is 2.56. The average Bonchev–Trinajstić information content (AvgIpc) is 2.65. The first-order valence-corrected chi connectivity index (χ1v) is 7.03. The van der Waals surface area contributed by atoms with E-state index in [0.29, 0.717) is 9.90 Å². The molecule has 0 radical (unpaired) electrons. The smallest absolute Gasteiger partial charge is 0.146 e. The summed E-state index contributed by atoms with van der Waals surface area (Å²) in [4.78, 5) is 0.338. The Kier molecular flexibility index (Phi) is 4.06. The van der Waals surface area contributed by atoms with Crippen molar-refractivity contribution in [3.05, 3.63) is 54.6 Å². The molecule has 0 bridgehead atoms. The fourth-order valence-corrected chi connectivity index (χ4v) is 3.19. The quantitative estimate of drug-likeness (QED) is 0.767. The van der Waals surface area contributed by atoms with Gasteiger partial charge in [0.15, 0.2) is 0 Å². The minimum atomic E-state index is -1.41. The lowest BCUT2D eigenvalue weighted by Gasteiger charge is -2.13. The third-order valence-electron chi connectivity index (χ3n) is 2.53. The molecule has 0 aliphatic rings. The summed E-state index contributed by atoms with van der Waals surface area (Å²) in [7, 11) is 0. The van der Waals surface area contributed by atoms with Crippen LogP contribution >= 0.6 is 38.9 Å². The zero-order chi connectivity index (χ0) is 13.4. The Morgan fingerprint density at radius 2 is 2.06 bits per heavy atom. The molecule has 1 aromatic carbocycles. The minimum absolute atomic E-state index is 0.0994. The van der Waals surface area contributed by atoms with Gasteiger partial charge in [0.25, 0.3) is 0 Å². The highest BCUT2D eigenvalue weighted by molar-refractivity contribution is 9.10. The van der Waals surface area contributed by atoms with E-state index in [1.807, 2.05) is 0 Å². The van der Waals surface area contributed by atoms with Crippen LogP contribution < -0.4 is 0 Å². The van der Waals surface area contributed by atoms with E-state index < -0.39 is 23.3 Å². The van der Waals surface area contributed by atoms with Gasteiger partial charge in [-0.3, -0.25) is 0 Å². The highest BCUT2D eigenvalue weighted by Gasteiger charge is 2.25. The van der Waals surface area contributed by atoms with Crippen LogP contribution in [0.4, 0.5) is 8.78 Å². The number of aliphatic hydroxyl groups is 1. The van der Waals surface area contributed by atoms with E-state index in [-0.39, 0.29) is 4.47 Å². The van der Waals surface area contributed by atoms with Crippen LogP contribution in [-0.4, -0.2) is 5.11 Å². The summed E-state index contributed by atoms with van der Waals surface area (Å²) in [6.45, 7) is 1.77. The van der Waals surface area contributed by atoms with Crippen LogP contribution in [0.25, 0.3) is 0 Å². The summed E-state index contributed by atoms with van der Waals surface area (Å²) in [6, 6.07) is 2.35. The minimum Gasteiger partial charge on any atom is -0.383 e. The summed E-state index contributed by atoms with van der Waals surface area (Å²) in [5.74, 6) is -1.62. The van der Waals surface area contributed by atoms with Gasteiger partial charge in [0.1, 0.15) is 17.7 Å². The topological polar surface area (TPSA) is 20.2 Å². The molecule has 1 atom stereocenters. The molecule has 0 amide bonds. The zero-order valence-electron chi connectivity index (χ0n) is 9.18. The lowest BCUT2D eigenvalue weighted by Crippen LogP contribution is -2.05. The molecule has 18 heavy (non-hydrogen) atoms. The number of thiophene rings is 1. The van der Waals surface area contributed by atoms with E-state index in [2.05, 4.69) is 15.9 Å². The number of hydrogen-bond donors (Lipinski definition) is 1. The number of halogens is 4. The van der Waals surface area contributed by atoms with Crippen molar-refractivity contribution in [1.82, 2.24) is 0 Å². The number of aliphatic hydroxyl groups excluding tert-OH is 1. The van der Waals surface area contributed by atoms with Crippen molar-refractivity contribution in [3.8, 4) is 0 Å². The molecular formula is C12H8BrClF2OS. The van der Waals surface area contributed by atoms with Gasteiger partial charge in [0.2, 0.25) is 0 Å². The maximum Gasteiger partial charge on any atom is 0.146 e.